The molecular formula is C19H29N5O. The minimum absolute atomic E-state index is 0.0107. The summed E-state index contributed by atoms with van der Waals surface area (Å²) in [6.45, 7) is 12.5. The number of hydrogen-bond acceptors (Lipinski definition) is 4. The minimum Gasteiger partial charge on any atom is -0.381 e. The normalized spacial score (nSPS) is 23.8. The molecule has 2 aromatic rings. The topological polar surface area (TPSA) is 59.0 Å². The van der Waals surface area contributed by atoms with Crippen LogP contribution in [0.3, 0.4) is 0 Å². The van der Waals surface area contributed by atoms with Gasteiger partial charge in [-0.2, -0.15) is 10.2 Å². The van der Waals surface area contributed by atoms with Crippen molar-refractivity contribution >= 4 is 0 Å². The first kappa shape index (κ1) is 16.8. The highest BCUT2D eigenvalue weighted by atomic mass is 16.5. The number of aromatic amines is 1. The molecule has 4 rings (SSSR count). The van der Waals surface area contributed by atoms with E-state index in [0.29, 0.717) is 11.5 Å². The molecule has 1 unspecified atom stereocenters. The number of likely N-dealkylation sites (tertiary alicyclic amines) is 1. The number of aromatic nitrogens is 4. The standard InChI is InChI=1S/C19H29N5O/c1-14-15(9-20-22-14)11-23-13-19(5-7-25-8-6-19)17(23)16-10-21-24(12-16)18(2,3)4/h9-10,12,17H,5-8,11,13H2,1-4H3,(H,20,22). The molecule has 0 radical (unpaired) electrons. The van der Waals surface area contributed by atoms with Crippen molar-refractivity contribution in [3.05, 3.63) is 35.4 Å². The first-order valence-electron chi connectivity index (χ1n) is 9.25. The van der Waals surface area contributed by atoms with Gasteiger partial charge in [-0.15, -0.1) is 0 Å². The number of ether oxygens (including phenoxy) is 1. The van der Waals surface area contributed by atoms with Crippen molar-refractivity contribution < 1.29 is 4.74 Å². The average Bonchev–Trinajstić information content (AvgIpc) is 3.17. The molecule has 136 valence electrons. The molecule has 1 spiro atoms. The zero-order chi connectivity index (χ0) is 17.7. The SMILES string of the molecule is Cc1[nH]ncc1CN1CC2(CCOCC2)C1c1cnn(C(C)(C)C)c1. The highest BCUT2D eigenvalue weighted by molar-refractivity contribution is 5.24. The minimum atomic E-state index is 0.0107. The van der Waals surface area contributed by atoms with E-state index in [1.54, 1.807) is 0 Å². The predicted octanol–water partition coefficient (Wildman–Crippen LogP) is 3.02. The Morgan fingerprint density at radius 2 is 2.04 bits per heavy atom. The molecule has 25 heavy (non-hydrogen) atoms. The molecular weight excluding hydrogens is 314 g/mol. The number of hydrogen-bond donors (Lipinski definition) is 1. The van der Waals surface area contributed by atoms with Crippen LogP contribution in [0.15, 0.2) is 18.6 Å². The smallest absolute Gasteiger partial charge is 0.0543 e. The molecule has 4 heterocycles. The summed E-state index contributed by atoms with van der Waals surface area (Å²) in [6, 6.07) is 0.418. The summed E-state index contributed by atoms with van der Waals surface area (Å²) in [4.78, 5) is 2.58. The summed E-state index contributed by atoms with van der Waals surface area (Å²) in [5.41, 5.74) is 4.13. The molecule has 1 atom stereocenters. The van der Waals surface area contributed by atoms with E-state index in [0.717, 1.165) is 44.8 Å². The highest BCUT2D eigenvalue weighted by Gasteiger charge is 2.53. The lowest BCUT2D eigenvalue weighted by atomic mass is 9.64. The van der Waals surface area contributed by atoms with Crippen molar-refractivity contribution in [1.29, 1.82) is 0 Å². The Hall–Kier alpha value is -1.66. The number of nitrogens with one attached hydrogen (secondary N) is 1. The molecule has 0 bridgehead atoms. The Morgan fingerprint density at radius 3 is 2.64 bits per heavy atom. The fraction of sp³-hybridized carbons (Fsp3) is 0.684. The third-order valence-corrected chi connectivity index (χ3v) is 5.87. The lowest BCUT2D eigenvalue weighted by Crippen LogP contribution is -2.59. The van der Waals surface area contributed by atoms with Gasteiger partial charge in [0.15, 0.2) is 0 Å². The van der Waals surface area contributed by atoms with Gasteiger partial charge in [-0.1, -0.05) is 0 Å². The van der Waals surface area contributed by atoms with Gasteiger partial charge in [0.25, 0.3) is 0 Å². The Bertz CT molecular complexity index is 735. The van der Waals surface area contributed by atoms with E-state index in [1.807, 2.05) is 6.20 Å². The maximum Gasteiger partial charge on any atom is 0.0543 e. The molecule has 2 aliphatic rings. The van der Waals surface area contributed by atoms with Gasteiger partial charge in [0.05, 0.1) is 17.9 Å². The first-order valence-corrected chi connectivity index (χ1v) is 9.25. The van der Waals surface area contributed by atoms with Gasteiger partial charge in [0, 0.05) is 60.8 Å². The zero-order valence-corrected chi connectivity index (χ0v) is 15.7. The monoisotopic (exact) mass is 343 g/mol. The van der Waals surface area contributed by atoms with Crippen LogP contribution in [0.2, 0.25) is 0 Å². The third kappa shape index (κ3) is 2.91. The number of rotatable bonds is 3. The molecule has 6 nitrogen and oxygen atoms in total. The second-order valence-corrected chi connectivity index (χ2v) is 8.69. The van der Waals surface area contributed by atoms with Gasteiger partial charge in [0.2, 0.25) is 0 Å². The summed E-state index contributed by atoms with van der Waals surface area (Å²) in [7, 11) is 0. The van der Waals surface area contributed by atoms with Crippen LogP contribution in [0, 0.1) is 12.3 Å². The van der Waals surface area contributed by atoms with Crippen molar-refractivity contribution in [3.63, 3.8) is 0 Å². The summed E-state index contributed by atoms with van der Waals surface area (Å²) >= 11 is 0. The second kappa shape index (κ2) is 5.95. The summed E-state index contributed by atoms with van der Waals surface area (Å²) in [6.07, 6.45) is 8.55. The summed E-state index contributed by atoms with van der Waals surface area (Å²) in [5, 5.41) is 11.9. The molecule has 6 heteroatoms. The summed E-state index contributed by atoms with van der Waals surface area (Å²) in [5.74, 6) is 0. The maximum absolute atomic E-state index is 5.65. The van der Waals surface area contributed by atoms with Crippen LogP contribution in [-0.4, -0.2) is 44.6 Å². The van der Waals surface area contributed by atoms with Crippen molar-refractivity contribution in [2.45, 2.75) is 58.7 Å². The lowest BCUT2D eigenvalue weighted by molar-refractivity contribution is -0.139. The molecule has 0 aliphatic carbocycles. The quantitative estimate of drug-likeness (QED) is 0.931. The van der Waals surface area contributed by atoms with Crippen LogP contribution < -0.4 is 0 Å². The Kier molecular flexibility index (Phi) is 4.00. The molecule has 2 aliphatic heterocycles. The average molecular weight is 343 g/mol. The van der Waals surface area contributed by atoms with Crippen molar-refractivity contribution in [2.24, 2.45) is 5.41 Å². The van der Waals surface area contributed by atoms with Crippen molar-refractivity contribution in [1.82, 2.24) is 24.9 Å². The third-order valence-electron chi connectivity index (χ3n) is 5.87. The largest absolute Gasteiger partial charge is 0.381 e. The van der Waals surface area contributed by atoms with Gasteiger partial charge < -0.3 is 4.74 Å². The predicted molar refractivity (Wildman–Crippen MR) is 96.2 cm³/mol. The first-order chi connectivity index (χ1) is 11.9. The van der Waals surface area contributed by atoms with Crippen molar-refractivity contribution in [2.75, 3.05) is 19.8 Å². The lowest BCUT2D eigenvalue weighted by Gasteiger charge is -2.59. The van der Waals surface area contributed by atoms with Crippen LogP contribution in [0.4, 0.5) is 0 Å². The highest BCUT2D eigenvalue weighted by Crippen LogP contribution is 2.55. The second-order valence-electron chi connectivity index (χ2n) is 8.69. The Labute approximate surface area is 149 Å². The van der Waals surface area contributed by atoms with Crippen molar-refractivity contribution in [3.8, 4) is 0 Å². The van der Waals surface area contributed by atoms with E-state index in [4.69, 9.17) is 4.74 Å². The van der Waals surface area contributed by atoms with Gasteiger partial charge in [0.1, 0.15) is 0 Å². The molecule has 0 saturated carbocycles. The van der Waals surface area contributed by atoms with E-state index < -0.39 is 0 Å². The van der Waals surface area contributed by atoms with E-state index in [2.05, 4.69) is 65.0 Å². The fourth-order valence-electron chi connectivity index (χ4n) is 4.38. The van der Waals surface area contributed by atoms with E-state index in [9.17, 15) is 0 Å². The molecule has 0 aromatic carbocycles. The molecule has 2 saturated heterocycles. The van der Waals surface area contributed by atoms with Gasteiger partial charge in [-0.05, 0) is 40.5 Å². The molecule has 1 N–H and O–H groups in total. The number of nitrogens with zero attached hydrogens (tertiary/aromatic N) is 4. The van der Waals surface area contributed by atoms with Crippen LogP contribution in [0.5, 0.6) is 0 Å². The van der Waals surface area contributed by atoms with Gasteiger partial charge in [-0.25, -0.2) is 0 Å². The van der Waals surface area contributed by atoms with Crippen LogP contribution >= 0.6 is 0 Å². The van der Waals surface area contributed by atoms with E-state index in [1.165, 1.54) is 11.1 Å². The van der Waals surface area contributed by atoms with E-state index in [-0.39, 0.29) is 5.54 Å². The number of H-pyrrole nitrogens is 1. The van der Waals surface area contributed by atoms with Crippen LogP contribution in [-0.2, 0) is 16.8 Å². The molecule has 0 amide bonds. The summed E-state index contributed by atoms with van der Waals surface area (Å²) < 4.78 is 7.74. The maximum atomic E-state index is 5.65. The van der Waals surface area contributed by atoms with Gasteiger partial charge in [-0.3, -0.25) is 14.7 Å². The Morgan fingerprint density at radius 1 is 1.28 bits per heavy atom. The van der Waals surface area contributed by atoms with E-state index >= 15 is 0 Å². The zero-order valence-electron chi connectivity index (χ0n) is 15.7. The molecule has 2 fully saturated rings. The fourth-order valence-corrected chi connectivity index (χ4v) is 4.38. The van der Waals surface area contributed by atoms with Gasteiger partial charge >= 0.3 is 0 Å². The molecule has 2 aromatic heterocycles. The number of aryl methyl sites for hydroxylation is 1. The Balaban J connectivity index is 1.62. The van der Waals surface area contributed by atoms with Crippen LogP contribution in [0.25, 0.3) is 0 Å². The van der Waals surface area contributed by atoms with Crippen LogP contribution in [0.1, 0.15) is 56.5 Å².